The molecule has 2 atom stereocenters. The molecule has 15 heavy (non-hydrogen) atoms. The van der Waals surface area contributed by atoms with Gasteiger partial charge in [0.15, 0.2) is 0 Å². The number of hydrogen-bond donors (Lipinski definition) is 1. The molecule has 1 fully saturated rings. The largest absolute Gasteiger partial charge is 0.497 e. The maximum atomic E-state index is 6.08. The van der Waals surface area contributed by atoms with E-state index in [4.69, 9.17) is 10.5 Å². The summed E-state index contributed by atoms with van der Waals surface area (Å²) in [5.74, 6) is 1.32. The maximum Gasteiger partial charge on any atom is 0.119 e. The number of methoxy groups -OCH3 is 1. The Balaban J connectivity index is 2.37. The fourth-order valence-electron chi connectivity index (χ4n) is 2.16. The molecule has 0 aliphatic heterocycles. The molecule has 2 N–H and O–H groups in total. The van der Waals surface area contributed by atoms with E-state index in [0.29, 0.717) is 5.92 Å². The Labute approximate surface area is 98.9 Å². The monoisotopic (exact) mass is 269 g/mol. The van der Waals surface area contributed by atoms with Gasteiger partial charge in [-0.05, 0) is 29.2 Å². The highest BCUT2D eigenvalue weighted by Gasteiger charge is 2.56. The lowest BCUT2D eigenvalue weighted by Crippen LogP contribution is -2.06. The van der Waals surface area contributed by atoms with Crippen LogP contribution in [0.25, 0.3) is 0 Å². The van der Waals surface area contributed by atoms with Gasteiger partial charge in [0.1, 0.15) is 5.75 Å². The third-order valence-corrected chi connectivity index (χ3v) is 4.17. The summed E-state index contributed by atoms with van der Waals surface area (Å²) in [7, 11) is 1.69. The second-order valence-electron chi connectivity index (χ2n) is 4.71. The first-order valence-corrected chi connectivity index (χ1v) is 5.87. The van der Waals surface area contributed by atoms with Crippen LogP contribution in [0.15, 0.2) is 22.7 Å². The maximum absolute atomic E-state index is 6.08. The Morgan fingerprint density at radius 3 is 2.47 bits per heavy atom. The van der Waals surface area contributed by atoms with Crippen molar-refractivity contribution in [3.8, 4) is 5.75 Å². The molecule has 1 aromatic carbocycles. The molecule has 0 bridgehead atoms. The number of hydrogen-bond acceptors (Lipinski definition) is 2. The van der Waals surface area contributed by atoms with Crippen molar-refractivity contribution in [1.29, 1.82) is 0 Å². The van der Waals surface area contributed by atoms with E-state index in [1.54, 1.807) is 7.11 Å². The molecule has 0 radical (unpaired) electrons. The highest BCUT2D eigenvalue weighted by molar-refractivity contribution is 9.10. The summed E-state index contributed by atoms with van der Waals surface area (Å²) in [6.07, 6.45) is 0. The average Bonchev–Trinajstić information content (AvgIpc) is 2.68. The van der Waals surface area contributed by atoms with E-state index in [1.165, 1.54) is 5.56 Å². The van der Waals surface area contributed by atoms with E-state index in [1.807, 2.05) is 12.1 Å². The summed E-state index contributed by atoms with van der Waals surface area (Å²) >= 11 is 3.57. The molecule has 1 saturated carbocycles. The third-order valence-electron chi connectivity index (χ3n) is 3.45. The fraction of sp³-hybridized carbons (Fsp3) is 0.500. The van der Waals surface area contributed by atoms with Crippen molar-refractivity contribution in [2.45, 2.75) is 25.8 Å². The standard InChI is InChI=1S/C12H16BrNO/c1-12(2)10(11(12)14)8-6-7(15-3)4-5-9(8)13/h4-6,10-11H,14H2,1-3H3/t10-,11-/m1/s1. The molecule has 1 aliphatic rings. The molecule has 2 nitrogen and oxygen atoms in total. The Morgan fingerprint density at radius 1 is 1.40 bits per heavy atom. The molecule has 0 heterocycles. The first-order chi connectivity index (χ1) is 6.98. The van der Waals surface area contributed by atoms with Gasteiger partial charge in [-0.25, -0.2) is 0 Å². The van der Waals surface area contributed by atoms with Crippen LogP contribution < -0.4 is 10.5 Å². The van der Waals surface area contributed by atoms with Crippen LogP contribution in [-0.4, -0.2) is 13.2 Å². The minimum atomic E-state index is 0.203. The van der Waals surface area contributed by atoms with Crippen LogP contribution in [0, 0.1) is 5.41 Å². The minimum absolute atomic E-state index is 0.203. The van der Waals surface area contributed by atoms with Gasteiger partial charge in [-0.15, -0.1) is 0 Å². The second kappa shape index (κ2) is 3.49. The van der Waals surface area contributed by atoms with E-state index in [2.05, 4.69) is 35.8 Å². The summed E-state index contributed by atoms with van der Waals surface area (Å²) in [6, 6.07) is 6.30. The number of rotatable bonds is 2. The SMILES string of the molecule is COc1ccc(Br)c([C@@H]2[C@@H](N)C2(C)C)c1. The Morgan fingerprint density at radius 2 is 2.00 bits per heavy atom. The molecule has 3 heteroatoms. The van der Waals surface area contributed by atoms with Crippen LogP contribution in [0.5, 0.6) is 5.75 Å². The van der Waals surface area contributed by atoms with Crippen molar-refractivity contribution in [1.82, 2.24) is 0 Å². The van der Waals surface area contributed by atoms with Crippen LogP contribution in [-0.2, 0) is 0 Å². The number of ether oxygens (including phenoxy) is 1. The van der Waals surface area contributed by atoms with Gasteiger partial charge in [0.25, 0.3) is 0 Å². The summed E-state index contributed by atoms with van der Waals surface area (Å²) in [5, 5.41) is 0. The lowest BCUT2D eigenvalue weighted by molar-refractivity contribution is 0.414. The number of benzene rings is 1. The summed E-state index contributed by atoms with van der Waals surface area (Å²) in [5.41, 5.74) is 7.53. The summed E-state index contributed by atoms with van der Waals surface area (Å²) in [6.45, 7) is 4.41. The molecule has 0 spiro atoms. The predicted octanol–water partition coefficient (Wildman–Crippen LogP) is 2.91. The molecule has 0 saturated heterocycles. The van der Waals surface area contributed by atoms with Crippen LogP contribution in [0.3, 0.4) is 0 Å². The van der Waals surface area contributed by atoms with E-state index in [-0.39, 0.29) is 11.5 Å². The molecule has 1 aliphatic carbocycles. The van der Waals surface area contributed by atoms with Crippen LogP contribution >= 0.6 is 15.9 Å². The third kappa shape index (κ3) is 1.68. The first kappa shape index (κ1) is 11.0. The summed E-state index contributed by atoms with van der Waals surface area (Å²) in [4.78, 5) is 0. The van der Waals surface area contributed by atoms with Crippen LogP contribution in [0.1, 0.15) is 25.3 Å². The normalized spacial score (nSPS) is 27.5. The molecule has 1 aromatic rings. The molecule has 82 valence electrons. The quantitative estimate of drug-likeness (QED) is 0.896. The van der Waals surface area contributed by atoms with Crippen LogP contribution in [0.2, 0.25) is 0 Å². The van der Waals surface area contributed by atoms with Gasteiger partial charge in [-0.1, -0.05) is 29.8 Å². The molecular weight excluding hydrogens is 254 g/mol. The zero-order valence-corrected chi connectivity index (χ0v) is 10.8. The number of halogens is 1. The lowest BCUT2D eigenvalue weighted by Gasteiger charge is -2.08. The highest BCUT2D eigenvalue weighted by Crippen LogP contribution is 2.58. The van der Waals surface area contributed by atoms with Gasteiger partial charge >= 0.3 is 0 Å². The van der Waals surface area contributed by atoms with Crippen molar-refractivity contribution in [2.24, 2.45) is 11.1 Å². The van der Waals surface area contributed by atoms with E-state index >= 15 is 0 Å². The van der Waals surface area contributed by atoms with Gasteiger partial charge in [0, 0.05) is 16.4 Å². The van der Waals surface area contributed by atoms with E-state index < -0.39 is 0 Å². The van der Waals surface area contributed by atoms with Gasteiger partial charge < -0.3 is 10.5 Å². The Hall–Kier alpha value is -0.540. The van der Waals surface area contributed by atoms with Gasteiger partial charge in [0.2, 0.25) is 0 Å². The topological polar surface area (TPSA) is 35.2 Å². The zero-order chi connectivity index (χ0) is 11.2. The summed E-state index contributed by atoms with van der Waals surface area (Å²) < 4.78 is 6.35. The second-order valence-corrected chi connectivity index (χ2v) is 5.57. The van der Waals surface area contributed by atoms with Crippen molar-refractivity contribution >= 4 is 15.9 Å². The van der Waals surface area contributed by atoms with Gasteiger partial charge in [0.05, 0.1) is 7.11 Å². The smallest absolute Gasteiger partial charge is 0.119 e. The Kier molecular flexibility index (Phi) is 2.55. The van der Waals surface area contributed by atoms with Crippen molar-refractivity contribution in [2.75, 3.05) is 7.11 Å². The van der Waals surface area contributed by atoms with Gasteiger partial charge in [-0.3, -0.25) is 0 Å². The molecule has 2 rings (SSSR count). The van der Waals surface area contributed by atoms with E-state index in [0.717, 1.165) is 10.2 Å². The molecule has 0 amide bonds. The van der Waals surface area contributed by atoms with Crippen LogP contribution in [0.4, 0.5) is 0 Å². The van der Waals surface area contributed by atoms with E-state index in [9.17, 15) is 0 Å². The van der Waals surface area contributed by atoms with Crippen molar-refractivity contribution in [3.63, 3.8) is 0 Å². The molecular formula is C12H16BrNO. The lowest BCUT2D eigenvalue weighted by atomic mass is 10.0. The highest BCUT2D eigenvalue weighted by atomic mass is 79.9. The fourth-order valence-corrected chi connectivity index (χ4v) is 2.65. The van der Waals surface area contributed by atoms with Crippen molar-refractivity contribution in [3.05, 3.63) is 28.2 Å². The predicted molar refractivity (Wildman–Crippen MR) is 65.2 cm³/mol. The first-order valence-electron chi connectivity index (χ1n) is 5.07. The minimum Gasteiger partial charge on any atom is -0.497 e. The Bertz CT molecular complexity index is 389. The zero-order valence-electron chi connectivity index (χ0n) is 9.25. The molecule has 0 aromatic heterocycles. The van der Waals surface area contributed by atoms with Gasteiger partial charge in [-0.2, -0.15) is 0 Å². The number of nitrogens with two attached hydrogens (primary N) is 1. The average molecular weight is 270 g/mol. The van der Waals surface area contributed by atoms with Crippen molar-refractivity contribution < 1.29 is 4.74 Å². The molecule has 0 unspecified atom stereocenters.